The first-order valence-electron chi connectivity index (χ1n) is 16.4. The van der Waals surface area contributed by atoms with Gasteiger partial charge in [0.15, 0.2) is 5.60 Å². The van der Waals surface area contributed by atoms with Crippen LogP contribution in [-0.4, -0.2) is 21.3 Å². The Balaban J connectivity index is 1.59. The van der Waals surface area contributed by atoms with Gasteiger partial charge in [-0.3, -0.25) is 0 Å². The van der Waals surface area contributed by atoms with Gasteiger partial charge in [-0.1, -0.05) is 81.4 Å². The first-order valence-corrected chi connectivity index (χ1v) is 16.4. The average molecular weight is 611 g/mol. The molecule has 1 aliphatic heterocycles. The van der Waals surface area contributed by atoms with Crippen LogP contribution in [0.4, 0.5) is 0 Å². The first kappa shape index (κ1) is 30.0. The third-order valence-electron chi connectivity index (χ3n) is 10.6. The largest absolute Gasteiger partial charge is 0.497 e. The zero-order chi connectivity index (χ0) is 32.2. The van der Waals surface area contributed by atoms with Crippen LogP contribution in [-0.2, 0) is 17.4 Å². The molecule has 4 nitrogen and oxygen atoms in total. The summed E-state index contributed by atoms with van der Waals surface area (Å²) in [6.07, 6.45) is 7.52. The molecule has 0 amide bonds. The molecule has 1 heterocycles. The lowest BCUT2D eigenvalue weighted by Gasteiger charge is -2.39. The summed E-state index contributed by atoms with van der Waals surface area (Å²) in [7, 11) is 5.09. The van der Waals surface area contributed by atoms with Crippen LogP contribution < -0.4 is 18.9 Å². The van der Waals surface area contributed by atoms with Crippen molar-refractivity contribution >= 4 is 16.8 Å². The van der Waals surface area contributed by atoms with E-state index in [1.54, 1.807) is 21.3 Å². The Morgan fingerprint density at radius 3 is 2.04 bits per heavy atom. The highest BCUT2D eigenvalue weighted by Gasteiger charge is 2.47. The van der Waals surface area contributed by atoms with Crippen molar-refractivity contribution in [1.82, 2.24) is 0 Å². The highest BCUT2D eigenvalue weighted by Crippen LogP contribution is 2.60. The van der Waals surface area contributed by atoms with Crippen LogP contribution in [0, 0.1) is 6.92 Å². The number of ether oxygens (including phenoxy) is 4. The molecule has 1 atom stereocenters. The Kier molecular flexibility index (Phi) is 7.35. The van der Waals surface area contributed by atoms with E-state index in [2.05, 4.69) is 99.7 Å². The molecule has 0 saturated carbocycles. The van der Waals surface area contributed by atoms with Crippen LogP contribution in [0.5, 0.6) is 23.0 Å². The van der Waals surface area contributed by atoms with E-state index in [1.807, 2.05) is 19.1 Å². The lowest BCUT2D eigenvalue weighted by Crippen LogP contribution is -2.35. The second-order valence-electron chi connectivity index (χ2n) is 12.5. The minimum absolute atomic E-state index is 0.115. The zero-order valence-electron chi connectivity index (χ0n) is 27.9. The summed E-state index contributed by atoms with van der Waals surface area (Å²) < 4.78 is 24.9. The van der Waals surface area contributed by atoms with Gasteiger partial charge in [0.1, 0.15) is 23.0 Å². The quantitative estimate of drug-likeness (QED) is 0.175. The zero-order valence-corrected chi connectivity index (χ0v) is 27.9. The Labute approximate surface area is 272 Å². The van der Waals surface area contributed by atoms with E-state index in [0.717, 1.165) is 64.3 Å². The van der Waals surface area contributed by atoms with Crippen LogP contribution in [0.2, 0.25) is 0 Å². The molecule has 0 aromatic heterocycles. The lowest BCUT2D eigenvalue weighted by atomic mass is 9.71. The Morgan fingerprint density at radius 1 is 0.717 bits per heavy atom. The van der Waals surface area contributed by atoms with Crippen molar-refractivity contribution in [3.8, 4) is 34.1 Å². The maximum absolute atomic E-state index is 7.56. The van der Waals surface area contributed by atoms with Crippen LogP contribution >= 0.6 is 0 Å². The maximum Gasteiger partial charge on any atom is 0.178 e. The summed E-state index contributed by atoms with van der Waals surface area (Å²) in [6.45, 7) is 8.90. The summed E-state index contributed by atoms with van der Waals surface area (Å²) in [5.74, 6) is 3.21. The number of rotatable bonds is 8. The van der Waals surface area contributed by atoms with Crippen molar-refractivity contribution in [2.45, 2.75) is 58.0 Å². The standard InChI is InChI=1S/C42H42O4/c1-8-27-15-20-31-34(23-27)38-32-13-11-12-14-35(32)41(9-2,10-3)39(38)33-21-22-42(46-40(31)33,28-16-18-30(43-5)19-17-28)29-24-36(44-6)26(4)37(25-29)45-7/h11-25H,8-10H2,1-7H3. The van der Waals surface area contributed by atoms with Crippen LogP contribution in [0.3, 0.4) is 0 Å². The van der Waals surface area contributed by atoms with Gasteiger partial charge < -0.3 is 18.9 Å². The number of methoxy groups -OCH3 is 3. The first-order chi connectivity index (χ1) is 22.4. The molecule has 46 heavy (non-hydrogen) atoms. The maximum atomic E-state index is 7.56. The molecule has 5 aromatic rings. The summed E-state index contributed by atoms with van der Waals surface area (Å²) in [4.78, 5) is 0. The van der Waals surface area contributed by atoms with Crippen molar-refractivity contribution in [2.24, 2.45) is 0 Å². The smallest absolute Gasteiger partial charge is 0.178 e. The average Bonchev–Trinajstić information content (AvgIpc) is 3.42. The minimum Gasteiger partial charge on any atom is -0.497 e. The molecule has 5 aromatic carbocycles. The molecular weight excluding hydrogens is 568 g/mol. The number of aryl methyl sites for hydroxylation is 1. The van der Waals surface area contributed by atoms with Crippen LogP contribution in [0.1, 0.15) is 72.6 Å². The molecule has 0 radical (unpaired) electrons. The van der Waals surface area contributed by atoms with Gasteiger partial charge in [-0.05, 0) is 89.7 Å². The van der Waals surface area contributed by atoms with Crippen molar-refractivity contribution in [2.75, 3.05) is 21.3 Å². The Bertz CT molecular complexity index is 1970. The van der Waals surface area contributed by atoms with Crippen molar-refractivity contribution in [3.05, 3.63) is 124 Å². The number of fused-ring (bicyclic) bond motifs is 8. The van der Waals surface area contributed by atoms with Gasteiger partial charge in [0.05, 0.1) is 21.3 Å². The van der Waals surface area contributed by atoms with E-state index in [-0.39, 0.29) is 5.41 Å². The summed E-state index contributed by atoms with van der Waals surface area (Å²) in [6, 6.07) is 28.3. The van der Waals surface area contributed by atoms with E-state index in [0.29, 0.717) is 0 Å². The fourth-order valence-electron chi connectivity index (χ4n) is 8.04. The second kappa shape index (κ2) is 11.3. The molecule has 7 rings (SSSR count). The number of hydrogen-bond acceptors (Lipinski definition) is 4. The van der Waals surface area contributed by atoms with Gasteiger partial charge in [-0.15, -0.1) is 0 Å². The van der Waals surface area contributed by atoms with Crippen molar-refractivity contribution < 1.29 is 18.9 Å². The van der Waals surface area contributed by atoms with E-state index in [1.165, 1.54) is 38.8 Å². The summed E-state index contributed by atoms with van der Waals surface area (Å²) >= 11 is 0. The summed E-state index contributed by atoms with van der Waals surface area (Å²) in [5.41, 5.74) is 9.78. The Morgan fingerprint density at radius 2 is 1.41 bits per heavy atom. The highest BCUT2D eigenvalue weighted by molar-refractivity contribution is 6.08. The number of benzene rings is 5. The third-order valence-corrected chi connectivity index (χ3v) is 10.6. The molecule has 0 spiro atoms. The van der Waals surface area contributed by atoms with Gasteiger partial charge in [-0.2, -0.15) is 0 Å². The fraction of sp³-hybridized carbons (Fsp3) is 0.286. The van der Waals surface area contributed by atoms with Crippen LogP contribution in [0.25, 0.3) is 28.0 Å². The SMILES string of the molecule is CCc1ccc2c3c(c4c(c2c1)-c1ccccc1C4(CC)CC)C=CC(c1ccc(OC)cc1)(c1cc(OC)c(C)c(OC)c1)O3. The topological polar surface area (TPSA) is 36.9 Å². The normalized spacial score (nSPS) is 17.2. The van der Waals surface area contributed by atoms with E-state index < -0.39 is 5.60 Å². The van der Waals surface area contributed by atoms with Gasteiger partial charge >= 0.3 is 0 Å². The predicted molar refractivity (Wildman–Crippen MR) is 188 cm³/mol. The molecule has 0 fully saturated rings. The highest BCUT2D eigenvalue weighted by atomic mass is 16.5. The molecular formula is C42H42O4. The molecule has 0 saturated heterocycles. The monoisotopic (exact) mass is 610 g/mol. The minimum atomic E-state index is -0.954. The predicted octanol–water partition coefficient (Wildman–Crippen LogP) is 10.2. The fourth-order valence-corrected chi connectivity index (χ4v) is 8.04. The summed E-state index contributed by atoms with van der Waals surface area (Å²) in [5, 5.41) is 2.37. The van der Waals surface area contributed by atoms with E-state index in [9.17, 15) is 0 Å². The lowest BCUT2D eigenvalue weighted by molar-refractivity contribution is 0.162. The van der Waals surface area contributed by atoms with Gasteiger partial charge in [0.25, 0.3) is 0 Å². The molecule has 234 valence electrons. The Hall–Kier alpha value is -4.70. The van der Waals surface area contributed by atoms with Crippen LogP contribution in [0.15, 0.2) is 84.9 Å². The van der Waals surface area contributed by atoms with Gasteiger partial charge in [0.2, 0.25) is 0 Å². The molecule has 1 aliphatic carbocycles. The van der Waals surface area contributed by atoms with E-state index >= 15 is 0 Å². The molecule has 2 aliphatic rings. The molecule has 4 heteroatoms. The van der Waals surface area contributed by atoms with Crippen molar-refractivity contribution in [1.29, 1.82) is 0 Å². The third kappa shape index (κ3) is 4.12. The molecule has 0 bridgehead atoms. The van der Waals surface area contributed by atoms with E-state index in [4.69, 9.17) is 18.9 Å². The van der Waals surface area contributed by atoms with Gasteiger partial charge in [-0.25, -0.2) is 0 Å². The number of hydrogen-bond donors (Lipinski definition) is 0. The van der Waals surface area contributed by atoms with Crippen molar-refractivity contribution in [3.63, 3.8) is 0 Å². The molecule has 1 unspecified atom stereocenters. The second-order valence-corrected chi connectivity index (χ2v) is 12.5. The van der Waals surface area contributed by atoms with Gasteiger partial charge in [0, 0.05) is 33.1 Å². The molecule has 0 N–H and O–H groups in total.